The molecule has 27 heavy (non-hydrogen) atoms. The van der Waals surface area contributed by atoms with E-state index in [1.165, 1.54) is 44.4 Å². The van der Waals surface area contributed by atoms with Gasteiger partial charge in [-0.25, -0.2) is 12.8 Å². The third-order valence-corrected chi connectivity index (χ3v) is 5.61. The fourth-order valence-corrected chi connectivity index (χ4v) is 4.11. The maximum atomic E-state index is 14.0. The van der Waals surface area contributed by atoms with E-state index < -0.39 is 27.8 Å². The van der Waals surface area contributed by atoms with Crippen molar-refractivity contribution in [2.75, 3.05) is 23.0 Å². The summed E-state index contributed by atoms with van der Waals surface area (Å²) in [5, 5.41) is 2.67. The van der Waals surface area contributed by atoms with Crippen molar-refractivity contribution in [2.24, 2.45) is 0 Å². The minimum absolute atomic E-state index is 0.0680. The topological polar surface area (TPSA) is 75.7 Å². The SMILES string of the molecule is COc1ccc(Cl)cc1N([C@H](C)C(=O)Nc1ccc(Br)cc1F)S(C)(=O)=O. The molecule has 0 fully saturated rings. The molecular weight excluding hydrogens is 463 g/mol. The average Bonchev–Trinajstić information content (AvgIpc) is 2.56. The van der Waals surface area contributed by atoms with Gasteiger partial charge in [-0.15, -0.1) is 0 Å². The summed E-state index contributed by atoms with van der Waals surface area (Å²) in [6.07, 6.45) is 0.956. The number of amides is 1. The van der Waals surface area contributed by atoms with Crippen LogP contribution in [0.5, 0.6) is 5.75 Å². The van der Waals surface area contributed by atoms with Crippen LogP contribution < -0.4 is 14.4 Å². The van der Waals surface area contributed by atoms with Gasteiger partial charge in [-0.05, 0) is 43.3 Å². The van der Waals surface area contributed by atoms with E-state index >= 15 is 0 Å². The van der Waals surface area contributed by atoms with E-state index in [4.69, 9.17) is 16.3 Å². The van der Waals surface area contributed by atoms with Crippen molar-refractivity contribution in [3.8, 4) is 5.75 Å². The summed E-state index contributed by atoms with van der Waals surface area (Å²) in [5.74, 6) is -1.15. The second kappa shape index (κ2) is 8.45. The van der Waals surface area contributed by atoms with Crippen LogP contribution in [0.25, 0.3) is 0 Å². The Morgan fingerprint density at radius 1 is 1.30 bits per heavy atom. The normalized spacial score (nSPS) is 12.4. The van der Waals surface area contributed by atoms with Crippen molar-refractivity contribution in [3.63, 3.8) is 0 Å². The number of methoxy groups -OCH3 is 1. The van der Waals surface area contributed by atoms with Crippen molar-refractivity contribution in [1.29, 1.82) is 0 Å². The molecule has 1 amide bonds. The first-order chi connectivity index (χ1) is 12.5. The quantitative estimate of drug-likeness (QED) is 0.678. The van der Waals surface area contributed by atoms with Crippen LogP contribution in [-0.2, 0) is 14.8 Å². The minimum atomic E-state index is -3.89. The number of carbonyl (C=O) groups excluding carboxylic acids is 1. The molecular formula is C17H17BrClFN2O4S. The van der Waals surface area contributed by atoms with E-state index in [0.717, 1.165) is 10.6 Å². The first-order valence-corrected chi connectivity index (χ1v) is 10.7. The Morgan fingerprint density at radius 2 is 1.96 bits per heavy atom. The third-order valence-electron chi connectivity index (χ3n) is 3.66. The first kappa shape index (κ1) is 21.5. The van der Waals surface area contributed by atoms with E-state index in [9.17, 15) is 17.6 Å². The molecule has 10 heteroatoms. The molecule has 0 bridgehead atoms. The van der Waals surface area contributed by atoms with Gasteiger partial charge in [-0.3, -0.25) is 9.10 Å². The lowest BCUT2D eigenvalue weighted by Gasteiger charge is -2.29. The highest BCUT2D eigenvalue weighted by molar-refractivity contribution is 9.10. The number of sulfonamides is 1. The molecule has 2 aromatic carbocycles. The molecule has 1 atom stereocenters. The van der Waals surface area contributed by atoms with Gasteiger partial charge in [0.1, 0.15) is 17.6 Å². The van der Waals surface area contributed by atoms with Crippen LogP contribution in [0.15, 0.2) is 40.9 Å². The number of rotatable bonds is 6. The van der Waals surface area contributed by atoms with Gasteiger partial charge in [0.05, 0.1) is 24.7 Å². The Labute approximate surface area is 170 Å². The number of hydrogen-bond donors (Lipinski definition) is 1. The summed E-state index contributed by atoms with van der Waals surface area (Å²) in [6, 6.07) is 7.32. The Kier molecular flexibility index (Phi) is 6.72. The number of carbonyl (C=O) groups is 1. The van der Waals surface area contributed by atoms with Crippen LogP contribution in [0, 0.1) is 5.82 Å². The zero-order valence-electron chi connectivity index (χ0n) is 14.7. The second-order valence-corrected chi connectivity index (χ2v) is 8.88. The number of ether oxygens (including phenoxy) is 1. The summed E-state index contributed by atoms with van der Waals surface area (Å²) in [4.78, 5) is 12.6. The number of halogens is 3. The minimum Gasteiger partial charge on any atom is -0.495 e. The van der Waals surface area contributed by atoms with Gasteiger partial charge in [-0.2, -0.15) is 0 Å². The fourth-order valence-electron chi connectivity index (χ4n) is 2.44. The van der Waals surface area contributed by atoms with Gasteiger partial charge >= 0.3 is 0 Å². The molecule has 0 saturated carbocycles. The summed E-state index contributed by atoms with van der Waals surface area (Å²) in [7, 11) is -2.52. The highest BCUT2D eigenvalue weighted by atomic mass is 79.9. The Balaban J connectivity index is 2.42. The van der Waals surface area contributed by atoms with Crippen LogP contribution in [0.3, 0.4) is 0 Å². The zero-order valence-corrected chi connectivity index (χ0v) is 17.8. The molecule has 1 N–H and O–H groups in total. The lowest BCUT2D eigenvalue weighted by atomic mass is 10.2. The standard InChI is InChI=1S/C17H17BrClFN2O4S/c1-10(17(23)21-14-6-4-11(18)8-13(14)20)22(27(3,24)25)15-9-12(19)5-7-16(15)26-2/h4-10H,1-3H3,(H,21,23)/t10-/m1/s1. The van der Waals surface area contributed by atoms with Crippen LogP contribution in [0.2, 0.25) is 5.02 Å². The molecule has 0 heterocycles. The van der Waals surface area contributed by atoms with Gasteiger partial charge in [0.15, 0.2) is 0 Å². The van der Waals surface area contributed by atoms with E-state index in [0.29, 0.717) is 4.47 Å². The van der Waals surface area contributed by atoms with E-state index in [-0.39, 0.29) is 22.1 Å². The molecule has 0 unspecified atom stereocenters. The molecule has 2 aromatic rings. The smallest absolute Gasteiger partial charge is 0.248 e. The fraction of sp³-hybridized carbons (Fsp3) is 0.235. The lowest BCUT2D eigenvalue weighted by molar-refractivity contribution is -0.116. The molecule has 0 spiro atoms. The molecule has 0 aliphatic rings. The van der Waals surface area contributed by atoms with E-state index in [1.807, 2.05) is 0 Å². The molecule has 6 nitrogen and oxygen atoms in total. The van der Waals surface area contributed by atoms with Crippen molar-refractivity contribution < 1.29 is 22.3 Å². The van der Waals surface area contributed by atoms with Crippen molar-refractivity contribution in [1.82, 2.24) is 0 Å². The summed E-state index contributed by atoms with van der Waals surface area (Å²) in [5.41, 5.74) is 0.0352. The Hall–Kier alpha value is -1.84. The number of benzene rings is 2. The van der Waals surface area contributed by atoms with Gasteiger partial charge in [0.2, 0.25) is 15.9 Å². The van der Waals surface area contributed by atoms with Crippen LogP contribution in [0.1, 0.15) is 6.92 Å². The number of hydrogen-bond acceptors (Lipinski definition) is 4. The summed E-state index contributed by atoms with van der Waals surface area (Å²) >= 11 is 9.11. The molecule has 0 saturated heterocycles. The molecule has 0 aliphatic heterocycles. The van der Waals surface area contributed by atoms with Crippen LogP contribution in [0.4, 0.5) is 15.8 Å². The third kappa shape index (κ3) is 5.12. The highest BCUT2D eigenvalue weighted by Gasteiger charge is 2.31. The van der Waals surface area contributed by atoms with Crippen LogP contribution >= 0.6 is 27.5 Å². The van der Waals surface area contributed by atoms with E-state index in [1.54, 1.807) is 6.07 Å². The van der Waals surface area contributed by atoms with Gasteiger partial charge in [0.25, 0.3) is 0 Å². The van der Waals surface area contributed by atoms with Gasteiger partial charge in [0, 0.05) is 9.50 Å². The van der Waals surface area contributed by atoms with Crippen molar-refractivity contribution >= 4 is 54.8 Å². The number of nitrogens with zero attached hydrogens (tertiary/aromatic N) is 1. The maximum Gasteiger partial charge on any atom is 0.248 e. The summed E-state index contributed by atoms with van der Waals surface area (Å²) < 4.78 is 45.3. The lowest BCUT2D eigenvalue weighted by Crippen LogP contribution is -2.45. The van der Waals surface area contributed by atoms with Crippen molar-refractivity contribution in [2.45, 2.75) is 13.0 Å². The predicted molar refractivity (Wildman–Crippen MR) is 108 cm³/mol. The van der Waals surface area contributed by atoms with Gasteiger partial charge in [-0.1, -0.05) is 27.5 Å². The molecule has 0 radical (unpaired) electrons. The monoisotopic (exact) mass is 478 g/mol. The highest BCUT2D eigenvalue weighted by Crippen LogP contribution is 2.34. The maximum absolute atomic E-state index is 14.0. The average molecular weight is 480 g/mol. The number of anilines is 2. The van der Waals surface area contributed by atoms with Crippen LogP contribution in [-0.4, -0.2) is 33.7 Å². The van der Waals surface area contributed by atoms with Gasteiger partial charge < -0.3 is 10.1 Å². The number of nitrogens with one attached hydrogen (secondary N) is 1. The van der Waals surface area contributed by atoms with E-state index in [2.05, 4.69) is 21.2 Å². The predicted octanol–water partition coefficient (Wildman–Crippen LogP) is 4.04. The molecule has 2 rings (SSSR count). The van der Waals surface area contributed by atoms with Crippen molar-refractivity contribution in [3.05, 3.63) is 51.7 Å². The second-order valence-electron chi connectivity index (χ2n) is 5.66. The molecule has 0 aliphatic carbocycles. The Bertz CT molecular complexity index is 971. The Morgan fingerprint density at radius 3 is 2.52 bits per heavy atom. The molecule has 0 aromatic heterocycles. The zero-order chi connectivity index (χ0) is 20.4. The first-order valence-electron chi connectivity index (χ1n) is 7.63. The summed E-state index contributed by atoms with van der Waals surface area (Å²) in [6.45, 7) is 1.38. The largest absolute Gasteiger partial charge is 0.495 e. The molecule has 146 valence electrons.